The first kappa shape index (κ1) is 31.3. The number of hydrogen-bond donors (Lipinski definition) is 3. The number of aliphatic hydroxyl groups is 3. The van der Waals surface area contributed by atoms with Crippen molar-refractivity contribution in [1.82, 2.24) is 0 Å². The van der Waals surface area contributed by atoms with Gasteiger partial charge >= 0.3 is 5.97 Å². The molecule has 6 fully saturated rings. The molecular weight excluding hydrogens is 528 g/mol. The quantitative estimate of drug-likeness (QED) is 0.297. The fourth-order valence-corrected chi connectivity index (χ4v) is 12.6. The molecule has 0 aromatic rings. The molecule has 240 valence electrons. The van der Waals surface area contributed by atoms with E-state index in [0.717, 1.165) is 77.0 Å². The van der Waals surface area contributed by atoms with E-state index in [4.69, 9.17) is 9.47 Å². The predicted octanol–water partition coefficient (Wildman–Crippen LogP) is 6.42. The van der Waals surface area contributed by atoms with Crippen LogP contribution in [-0.4, -0.2) is 57.4 Å². The summed E-state index contributed by atoms with van der Waals surface area (Å²) < 4.78 is 13.3. The molecular formula is C36H60O6. The molecule has 13 atom stereocenters. The van der Waals surface area contributed by atoms with Crippen molar-refractivity contribution in [2.75, 3.05) is 0 Å². The van der Waals surface area contributed by atoms with Crippen LogP contribution in [0.3, 0.4) is 0 Å². The van der Waals surface area contributed by atoms with Crippen LogP contribution in [-0.2, 0) is 14.3 Å². The van der Waals surface area contributed by atoms with Gasteiger partial charge in [-0.1, -0.05) is 54.4 Å². The van der Waals surface area contributed by atoms with E-state index in [9.17, 15) is 20.1 Å². The Kier molecular flexibility index (Phi) is 7.38. The van der Waals surface area contributed by atoms with Crippen LogP contribution in [0.15, 0.2) is 0 Å². The fraction of sp³-hybridized carbons (Fsp3) is 0.972. The lowest BCUT2D eigenvalue weighted by molar-refractivity contribution is -0.203. The first-order chi connectivity index (χ1) is 19.5. The third-order valence-corrected chi connectivity index (χ3v) is 15.0. The van der Waals surface area contributed by atoms with E-state index in [1.54, 1.807) is 0 Å². The second-order valence-electron chi connectivity index (χ2n) is 17.7. The van der Waals surface area contributed by atoms with E-state index in [1.807, 2.05) is 20.8 Å². The Morgan fingerprint density at radius 2 is 1.74 bits per heavy atom. The molecule has 0 radical (unpaired) electrons. The van der Waals surface area contributed by atoms with E-state index in [1.165, 1.54) is 0 Å². The van der Waals surface area contributed by atoms with Crippen molar-refractivity contribution in [2.45, 2.75) is 169 Å². The van der Waals surface area contributed by atoms with E-state index in [2.05, 4.69) is 34.6 Å². The lowest BCUT2D eigenvalue weighted by Gasteiger charge is -2.64. The highest BCUT2D eigenvalue weighted by Gasteiger charge is 2.84. The smallest absolute Gasteiger partial charge is 0.308 e. The van der Waals surface area contributed by atoms with Crippen molar-refractivity contribution < 1.29 is 29.6 Å². The number of ether oxygens (including phenoxy) is 2. The van der Waals surface area contributed by atoms with Crippen LogP contribution < -0.4 is 0 Å². The number of carbonyl (C=O) groups excluding carboxylic acids is 1. The molecule has 0 aromatic heterocycles. The van der Waals surface area contributed by atoms with Gasteiger partial charge in [0.2, 0.25) is 0 Å². The summed E-state index contributed by atoms with van der Waals surface area (Å²) >= 11 is 0. The number of fused-ring (bicyclic) bond motifs is 2. The van der Waals surface area contributed by atoms with Crippen molar-refractivity contribution in [3.8, 4) is 0 Å². The topological polar surface area (TPSA) is 96.2 Å². The molecule has 6 heteroatoms. The van der Waals surface area contributed by atoms with Gasteiger partial charge in [-0.25, -0.2) is 0 Å². The zero-order valence-electron chi connectivity index (χ0n) is 27.7. The molecule has 3 N–H and O–H groups in total. The van der Waals surface area contributed by atoms with Crippen LogP contribution in [0, 0.1) is 50.7 Å². The number of carbonyl (C=O) groups is 1. The molecule has 6 aliphatic rings. The van der Waals surface area contributed by atoms with Gasteiger partial charge in [-0.05, 0) is 117 Å². The van der Waals surface area contributed by atoms with Crippen LogP contribution in [0.2, 0.25) is 0 Å². The van der Waals surface area contributed by atoms with Crippen LogP contribution in [0.1, 0.15) is 132 Å². The summed E-state index contributed by atoms with van der Waals surface area (Å²) in [7, 11) is 0. The summed E-state index contributed by atoms with van der Waals surface area (Å²) in [6.45, 7) is 17.1. The highest BCUT2D eigenvalue weighted by Crippen LogP contribution is 2.89. The number of unbranched alkanes of at least 4 members (excludes halogenated alkanes) is 1. The Labute approximate surface area is 254 Å². The summed E-state index contributed by atoms with van der Waals surface area (Å²) in [6.07, 6.45) is 10.2. The highest BCUT2D eigenvalue weighted by molar-refractivity contribution is 5.72. The second-order valence-corrected chi connectivity index (χ2v) is 17.7. The third-order valence-electron chi connectivity index (χ3n) is 15.0. The van der Waals surface area contributed by atoms with E-state index >= 15 is 0 Å². The lowest BCUT2D eigenvalue weighted by Crippen LogP contribution is -2.61. The number of esters is 1. The van der Waals surface area contributed by atoms with E-state index in [-0.39, 0.29) is 75.2 Å². The highest BCUT2D eigenvalue weighted by atomic mass is 16.6. The molecule has 2 spiro atoms. The molecule has 1 saturated heterocycles. The molecule has 1 aliphatic heterocycles. The Morgan fingerprint density at radius 1 is 1.02 bits per heavy atom. The summed E-state index contributed by atoms with van der Waals surface area (Å²) in [4.78, 5) is 13.5. The summed E-state index contributed by atoms with van der Waals surface area (Å²) in [6, 6.07) is 0. The maximum absolute atomic E-state index is 13.5. The number of aliphatic hydroxyl groups excluding tert-OH is 2. The summed E-state index contributed by atoms with van der Waals surface area (Å²) in [5.74, 6) is 0.369. The van der Waals surface area contributed by atoms with Gasteiger partial charge in [-0.15, -0.1) is 0 Å². The summed E-state index contributed by atoms with van der Waals surface area (Å²) in [5.41, 5.74) is -1.08. The van der Waals surface area contributed by atoms with E-state index < -0.39 is 11.7 Å². The fourth-order valence-electron chi connectivity index (χ4n) is 12.6. The molecule has 0 aromatic carbocycles. The maximum Gasteiger partial charge on any atom is 0.308 e. The summed E-state index contributed by atoms with van der Waals surface area (Å²) in [5, 5.41) is 33.8. The zero-order chi connectivity index (χ0) is 30.7. The van der Waals surface area contributed by atoms with Gasteiger partial charge in [0.05, 0.1) is 35.9 Å². The maximum atomic E-state index is 13.5. The lowest BCUT2D eigenvalue weighted by atomic mass is 9.41. The average molecular weight is 589 g/mol. The van der Waals surface area contributed by atoms with Gasteiger partial charge in [-0.3, -0.25) is 4.79 Å². The van der Waals surface area contributed by atoms with Gasteiger partial charge in [0.15, 0.2) is 0 Å². The molecule has 1 heterocycles. The molecule has 42 heavy (non-hydrogen) atoms. The Balaban J connectivity index is 1.35. The molecule has 0 amide bonds. The third kappa shape index (κ3) is 4.12. The predicted molar refractivity (Wildman–Crippen MR) is 162 cm³/mol. The minimum Gasteiger partial charge on any atom is -0.462 e. The molecule has 6 nitrogen and oxygen atoms in total. The van der Waals surface area contributed by atoms with Crippen molar-refractivity contribution >= 4 is 5.97 Å². The van der Waals surface area contributed by atoms with Crippen LogP contribution in [0.25, 0.3) is 0 Å². The standard InChI is InChI=1S/C36H60O6/c1-9-10-11-21(2)30(39)42-24-19-34(8)25-18-22(37)29-31(3,4)26(38)14-15-36(29)20-35(25,36)17-16-33(34,7)28(24)23-12-13-27(41-23)32(5,6)40/h21-29,37-38,40H,9-20H2,1-8H3/t21-,22+,23?,24+,25?,26+,27+,28+,29+,33-,34+,35?,36-/m1/s1. The minimum atomic E-state index is -0.906. The minimum absolute atomic E-state index is 0.0516. The number of hydrogen-bond acceptors (Lipinski definition) is 6. The average Bonchev–Trinajstić information content (AvgIpc) is 3.15. The van der Waals surface area contributed by atoms with Gasteiger partial charge in [-0.2, -0.15) is 0 Å². The Bertz CT molecular complexity index is 1070. The Hall–Kier alpha value is -0.690. The van der Waals surface area contributed by atoms with Gasteiger partial charge < -0.3 is 24.8 Å². The first-order valence-corrected chi connectivity index (χ1v) is 17.4. The van der Waals surface area contributed by atoms with E-state index in [0.29, 0.717) is 5.92 Å². The monoisotopic (exact) mass is 588 g/mol. The van der Waals surface area contributed by atoms with Crippen LogP contribution >= 0.6 is 0 Å². The van der Waals surface area contributed by atoms with Gasteiger partial charge in [0.25, 0.3) is 0 Å². The Morgan fingerprint density at radius 3 is 2.38 bits per heavy atom. The van der Waals surface area contributed by atoms with Crippen molar-refractivity contribution in [2.24, 2.45) is 50.7 Å². The first-order valence-electron chi connectivity index (χ1n) is 17.4. The SMILES string of the molecule is CCCC[C@@H](C)C(=O)O[C@H]1C[C@@]2(C)C3C[C@H](O)[C@H]4C(C)(C)[C@@H](O)CC[C@@]45CC35CC[C@]2(C)[C@H]1C1CC[C@@H](C(C)(C)O)O1. The van der Waals surface area contributed by atoms with Crippen molar-refractivity contribution in [3.63, 3.8) is 0 Å². The normalized spacial score (nSPS) is 51.6. The van der Waals surface area contributed by atoms with Crippen molar-refractivity contribution in [3.05, 3.63) is 0 Å². The van der Waals surface area contributed by atoms with Crippen LogP contribution in [0.4, 0.5) is 0 Å². The van der Waals surface area contributed by atoms with Crippen LogP contribution in [0.5, 0.6) is 0 Å². The molecule has 5 saturated carbocycles. The molecule has 6 rings (SSSR count). The number of rotatable bonds is 7. The largest absolute Gasteiger partial charge is 0.462 e. The molecule has 3 unspecified atom stereocenters. The van der Waals surface area contributed by atoms with Crippen molar-refractivity contribution in [1.29, 1.82) is 0 Å². The second kappa shape index (κ2) is 9.90. The van der Waals surface area contributed by atoms with Gasteiger partial charge in [0, 0.05) is 5.92 Å². The zero-order valence-corrected chi connectivity index (χ0v) is 27.7. The van der Waals surface area contributed by atoms with Gasteiger partial charge in [0.1, 0.15) is 6.10 Å². The molecule has 5 aliphatic carbocycles. The molecule has 0 bridgehead atoms.